The first-order chi connectivity index (χ1) is 24.8. The summed E-state index contributed by atoms with van der Waals surface area (Å²) in [7, 11) is 0. The van der Waals surface area contributed by atoms with Crippen molar-refractivity contribution in [1.82, 2.24) is 5.32 Å². The molecule has 0 aromatic heterocycles. The van der Waals surface area contributed by atoms with Crippen molar-refractivity contribution >= 4 is 79.1 Å². The highest BCUT2D eigenvalue weighted by Crippen LogP contribution is 2.36. The molecule has 3 aliphatic heterocycles. The Labute approximate surface area is 289 Å². The number of nitrogens with one attached hydrogen (secondary N) is 1. The first-order valence-electron chi connectivity index (χ1n) is 16.1. The predicted molar refractivity (Wildman–Crippen MR) is 192 cm³/mol. The van der Waals surface area contributed by atoms with Crippen LogP contribution in [0.1, 0.15) is 62.1 Å². The Kier molecular flexibility index (Phi) is 6.52. The van der Waals surface area contributed by atoms with E-state index in [0.717, 1.165) is 31.3 Å². The van der Waals surface area contributed by atoms with Crippen molar-refractivity contribution in [3.8, 4) is 0 Å². The Bertz CT molecular complexity index is 2470. The smallest absolute Gasteiger partial charge is 0.265 e. The maximum atomic E-state index is 13.3. The highest BCUT2D eigenvalue weighted by atomic mass is 16.2. The minimum atomic E-state index is -0.414. The molecule has 0 atom stereocenters. The summed E-state index contributed by atoms with van der Waals surface area (Å²) in [6, 6.07) is 38.7. The molecule has 0 bridgehead atoms. The van der Waals surface area contributed by atoms with Gasteiger partial charge < -0.3 is 0 Å². The average Bonchev–Trinajstić information content (AvgIpc) is 3.16. The van der Waals surface area contributed by atoms with E-state index in [2.05, 4.69) is 5.32 Å². The molecule has 9 heteroatoms. The monoisotopic (exact) mass is 665 g/mol. The van der Waals surface area contributed by atoms with Crippen LogP contribution in [-0.4, -0.2) is 35.4 Å². The summed E-state index contributed by atoms with van der Waals surface area (Å²) in [4.78, 5) is 78.7. The van der Waals surface area contributed by atoms with Crippen LogP contribution in [0.4, 0.5) is 11.4 Å². The molecule has 0 unspecified atom stereocenters. The summed E-state index contributed by atoms with van der Waals surface area (Å²) < 4.78 is 0. The Balaban J connectivity index is 0.000000193. The van der Waals surface area contributed by atoms with Crippen molar-refractivity contribution in [2.24, 2.45) is 0 Å². The van der Waals surface area contributed by atoms with Crippen LogP contribution < -0.4 is 15.1 Å². The fourth-order valence-electron chi connectivity index (χ4n) is 7.24. The molecule has 10 rings (SSSR count). The summed E-state index contributed by atoms with van der Waals surface area (Å²) in [6.07, 6.45) is 0. The highest BCUT2D eigenvalue weighted by molar-refractivity contribution is 6.37. The second kappa shape index (κ2) is 11.1. The fraction of sp³-hybridized carbons (Fsp3) is 0. The standard InChI is InChI=1S/C30H16N2O4.C12H7NO2/c33-27-21-9-1-5-17-6-2-10-22(25(17)21)28(34)31(27)19-13-15-20(16-14-19)32-29(35)23-11-3-7-18-8-4-12-24(26(18)23)30(32)36;14-11-8-5-1-3-7-4-2-6-9(10(7)8)12(15)13-11/h1-16H;1-6H,(H,13,14,15). The lowest BCUT2D eigenvalue weighted by Gasteiger charge is -2.29. The number of hydrogen-bond donors (Lipinski definition) is 1. The number of rotatable bonds is 2. The van der Waals surface area contributed by atoms with Gasteiger partial charge in [-0.2, -0.15) is 0 Å². The van der Waals surface area contributed by atoms with E-state index >= 15 is 0 Å². The van der Waals surface area contributed by atoms with E-state index in [4.69, 9.17) is 0 Å². The number of carbonyl (C=O) groups excluding carboxylic acids is 6. The van der Waals surface area contributed by atoms with Crippen molar-refractivity contribution in [1.29, 1.82) is 0 Å². The van der Waals surface area contributed by atoms with E-state index < -0.39 is 23.6 Å². The zero-order valence-electron chi connectivity index (χ0n) is 26.5. The molecule has 3 heterocycles. The van der Waals surface area contributed by atoms with Gasteiger partial charge in [-0.3, -0.25) is 34.1 Å². The number of hydrogen-bond acceptors (Lipinski definition) is 6. The van der Waals surface area contributed by atoms with Crippen LogP contribution in [0.3, 0.4) is 0 Å². The van der Waals surface area contributed by atoms with Gasteiger partial charge >= 0.3 is 0 Å². The molecule has 3 aliphatic rings. The zero-order chi connectivity index (χ0) is 35.0. The van der Waals surface area contributed by atoms with Crippen molar-refractivity contribution < 1.29 is 28.8 Å². The summed E-state index contributed by atoms with van der Waals surface area (Å²) in [5.74, 6) is -2.29. The second-order valence-corrected chi connectivity index (χ2v) is 12.3. The van der Waals surface area contributed by atoms with Gasteiger partial charge in [0.1, 0.15) is 0 Å². The molecule has 6 amide bonds. The van der Waals surface area contributed by atoms with E-state index in [-0.39, 0.29) is 11.8 Å². The molecule has 1 N–H and O–H groups in total. The fourth-order valence-corrected chi connectivity index (χ4v) is 7.24. The molecule has 0 saturated heterocycles. The first-order valence-corrected chi connectivity index (χ1v) is 16.1. The third-order valence-corrected chi connectivity index (χ3v) is 9.53. The quantitative estimate of drug-likeness (QED) is 0.193. The van der Waals surface area contributed by atoms with E-state index in [1.54, 1.807) is 84.9 Å². The van der Waals surface area contributed by atoms with Crippen LogP contribution >= 0.6 is 0 Å². The Morgan fingerprint density at radius 3 is 0.863 bits per heavy atom. The Morgan fingerprint density at radius 2 is 0.569 bits per heavy atom. The van der Waals surface area contributed by atoms with Crippen LogP contribution in [0.15, 0.2) is 133 Å². The first kappa shape index (κ1) is 29.8. The molecule has 0 spiro atoms. The normalized spacial score (nSPS) is 14.6. The Morgan fingerprint density at radius 1 is 0.314 bits per heavy atom. The third-order valence-electron chi connectivity index (χ3n) is 9.53. The SMILES string of the molecule is O=C1NC(=O)c2cccc3cccc1c23.O=C1c2cccc3cccc(c23)C(=O)N1c1ccc(N2C(=O)c3cccc4cccc(c34)C2=O)cc1. The van der Waals surface area contributed by atoms with Gasteiger partial charge in [-0.15, -0.1) is 0 Å². The van der Waals surface area contributed by atoms with Gasteiger partial charge in [0.15, 0.2) is 0 Å². The van der Waals surface area contributed by atoms with Crippen LogP contribution in [0, 0.1) is 0 Å². The molecule has 9 nitrogen and oxygen atoms in total. The topological polar surface area (TPSA) is 121 Å². The van der Waals surface area contributed by atoms with Crippen molar-refractivity contribution in [3.63, 3.8) is 0 Å². The van der Waals surface area contributed by atoms with Gasteiger partial charge in [0.05, 0.1) is 11.4 Å². The van der Waals surface area contributed by atoms with Crippen LogP contribution in [0.5, 0.6) is 0 Å². The molecule has 242 valence electrons. The summed E-state index contributed by atoms with van der Waals surface area (Å²) in [6.45, 7) is 0. The van der Waals surface area contributed by atoms with Crippen LogP contribution in [0.2, 0.25) is 0 Å². The van der Waals surface area contributed by atoms with E-state index in [0.29, 0.717) is 55.5 Å². The summed E-state index contributed by atoms with van der Waals surface area (Å²) in [5.41, 5.74) is 3.69. The molecule has 7 aromatic rings. The largest absolute Gasteiger partial charge is 0.288 e. The number of amides is 6. The maximum Gasteiger partial charge on any atom is 0.265 e. The molecule has 51 heavy (non-hydrogen) atoms. The number of nitrogens with zero attached hydrogens (tertiary/aromatic N) is 2. The van der Waals surface area contributed by atoms with E-state index in [1.165, 1.54) is 0 Å². The molecular formula is C42H23N3O6. The Hall–Kier alpha value is -7.26. The van der Waals surface area contributed by atoms with Crippen molar-refractivity contribution in [3.05, 3.63) is 167 Å². The molecule has 0 aliphatic carbocycles. The lowest BCUT2D eigenvalue weighted by molar-refractivity contribution is 0.0837. The minimum absolute atomic E-state index is 0.315. The van der Waals surface area contributed by atoms with Gasteiger partial charge in [-0.05, 0) is 76.8 Å². The minimum Gasteiger partial charge on any atom is -0.288 e. The van der Waals surface area contributed by atoms with Gasteiger partial charge in [-0.1, -0.05) is 72.8 Å². The zero-order valence-corrected chi connectivity index (χ0v) is 26.5. The highest BCUT2D eigenvalue weighted by Gasteiger charge is 2.36. The van der Waals surface area contributed by atoms with E-state index in [9.17, 15) is 28.8 Å². The van der Waals surface area contributed by atoms with Crippen LogP contribution in [0.25, 0.3) is 32.3 Å². The third kappa shape index (κ3) is 4.42. The van der Waals surface area contributed by atoms with Gasteiger partial charge in [-0.25, -0.2) is 9.80 Å². The molecule has 0 radical (unpaired) electrons. The van der Waals surface area contributed by atoms with Crippen molar-refractivity contribution in [2.75, 3.05) is 9.80 Å². The number of anilines is 2. The lowest BCUT2D eigenvalue weighted by Crippen LogP contribution is -2.41. The maximum absolute atomic E-state index is 13.3. The number of imide groups is 3. The lowest BCUT2D eigenvalue weighted by atomic mass is 9.93. The molecular weight excluding hydrogens is 642 g/mol. The molecule has 7 aromatic carbocycles. The summed E-state index contributed by atoms with van der Waals surface area (Å²) in [5, 5.41) is 6.97. The molecule has 0 saturated carbocycles. The summed E-state index contributed by atoms with van der Waals surface area (Å²) >= 11 is 0. The second-order valence-electron chi connectivity index (χ2n) is 12.3. The van der Waals surface area contributed by atoms with Gasteiger partial charge in [0.25, 0.3) is 35.4 Å². The molecule has 0 fully saturated rings. The number of benzene rings is 7. The van der Waals surface area contributed by atoms with Gasteiger partial charge in [0, 0.05) is 49.5 Å². The van der Waals surface area contributed by atoms with Gasteiger partial charge in [0.2, 0.25) is 0 Å². The van der Waals surface area contributed by atoms with Crippen molar-refractivity contribution in [2.45, 2.75) is 0 Å². The predicted octanol–water partition coefficient (Wildman–Crippen LogP) is 7.32. The van der Waals surface area contributed by atoms with E-state index in [1.807, 2.05) is 48.5 Å². The number of carbonyl (C=O) groups is 6. The average molecular weight is 666 g/mol. The van der Waals surface area contributed by atoms with Crippen LogP contribution in [-0.2, 0) is 0 Å².